The van der Waals surface area contributed by atoms with Crippen molar-refractivity contribution >= 4 is 23.4 Å². The summed E-state index contributed by atoms with van der Waals surface area (Å²) in [5.41, 5.74) is 13.7. The van der Waals surface area contributed by atoms with Crippen LogP contribution < -0.4 is 22.1 Å². The number of aromatic nitrogens is 2. The van der Waals surface area contributed by atoms with Gasteiger partial charge >= 0.3 is 0 Å². The molecule has 1 aromatic carbocycles. The highest BCUT2D eigenvalue weighted by Crippen LogP contribution is 2.31. The van der Waals surface area contributed by atoms with Crippen molar-refractivity contribution in [2.45, 2.75) is 25.8 Å². The van der Waals surface area contributed by atoms with Gasteiger partial charge in [-0.05, 0) is 43.4 Å². The molecule has 0 aliphatic heterocycles. The molecule has 1 atom stereocenters. The molecule has 1 fully saturated rings. The zero-order chi connectivity index (χ0) is 17.1. The number of nitrogens with one attached hydrogen (secondary N) is 2. The van der Waals surface area contributed by atoms with E-state index < -0.39 is 5.91 Å². The first-order chi connectivity index (χ1) is 11.5. The number of benzene rings is 1. The maximum absolute atomic E-state index is 11.6. The lowest BCUT2D eigenvalue weighted by atomic mass is 10.2. The molecule has 1 aromatic heterocycles. The van der Waals surface area contributed by atoms with Crippen molar-refractivity contribution in [3.63, 3.8) is 0 Å². The third-order valence-electron chi connectivity index (χ3n) is 4.06. The number of hydrogen-bond acceptors (Lipinski definition) is 6. The molecular formula is C17H22N6O. The fourth-order valence-electron chi connectivity index (χ4n) is 2.50. The number of hydrogen-bond donors (Lipinski definition) is 4. The molecule has 1 unspecified atom stereocenters. The van der Waals surface area contributed by atoms with Gasteiger partial charge in [0.05, 0.1) is 0 Å². The summed E-state index contributed by atoms with van der Waals surface area (Å²) >= 11 is 0. The van der Waals surface area contributed by atoms with Crippen molar-refractivity contribution in [2.75, 3.05) is 17.2 Å². The molecule has 0 spiro atoms. The number of anilines is 3. The van der Waals surface area contributed by atoms with E-state index >= 15 is 0 Å². The average molecular weight is 326 g/mol. The van der Waals surface area contributed by atoms with Gasteiger partial charge in [0.25, 0.3) is 5.91 Å². The first-order valence-electron chi connectivity index (χ1n) is 8.03. The van der Waals surface area contributed by atoms with E-state index in [1.165, 1.54) is 19.0 Å². The van der Waals surface area contributed by atoms with Crippen LogP contribution in [0.5, 0.6) is 0 Å². The number of rotatable bonds is 7. The van der Waals surface area contributed by atoms with Crippen molar-refractivity contribution in [1.82, 2.24) is 9.97 Å². The van der Waals surface area contributed by atoms with Crippen molar-refractivity contribution in [2.24, 2.45) is 17.4 Å². The molecule has 0 radical (unpaired) electrons. The van der Waals surface area contributed by atoms with Gasteiger partial charge in [0.15, 0.2) is 0 Å². The second kappa shape index (κ2) is 6.84. The Morgan fingerprint density at radius 2 is 2.21 bits per heavy atom. The van der Waals surface area contributed by atoms with E-state index in [1.807, 2.05) is 31.2 Å². The van der Waals surface area contributed by atoms with Crippen LogP contribution in [0.25, 0.3) is 0 Å². The fraction of sp³-hybridized carbons (Fsp3) is 0.353. The van der Waals surface area contributed by atoms with E-state index in [4.69, 9.17) is 11.5 Å². The van der Waals surface area contributed by atoms with Crippen molar-refractivity contribution < 1.29 is 4.79 Å². The average Bonchev–Trinajstić information content (AvgIpc) is 3.37. The zero-order valence-electron chi connectivity index (χ0n) is 13.6. The summed E-state index contributed by atoms with van der Waals surface area (Å²) in [6.07, 6.45) is 3.80. The number of nitrogens with two attached hydrogens (primary N) is 2. The SMILES string of the molecule is Cc1cccc(Nc2nc(NCC(N)C3CC3)ncc2C(N)=O)c1. The molecule has 1 aliphatic rings. The summed E-state index contributed by atoms with van der Waals surface area (Å²) in [7, 11) is 0. The molecule has 2 aromatic rings. The lowest BCUT2D eigenvalue weighted by molar-refractivity contribution is 0.100. The van der Waals surface area contributed by atoms with Crippen molar-refractivity contribution in [3.05, 3.63) is 41.6 Å². The highest BCUT2D eigenvalue weighted by molar-refractivity contribution is 5.98. The highest BCUT2D eigenvalue weighted by atomic mass is 16.1. The Hall–Kier alpha value is -2.67. The van der Waals surface area contributed by atoms with Gasteiger partial charge in [-0.15, -0.1) is 0 Å². The van der Waals surface area contributed by atoms with Crippen LogP contribution in [0.1, 0.15) is 28.8 Å². The second-order valence-corrected chi connectivity index (χ2v) is 6.20. The number of primary amides is 1. The minimum Gasteiger partial charge on any atom is -0.365 e. The largest absolute Gasteiger partial charge is 0.365 e. The first kappa shape index (κ1) is 16.2. The number of amides is 1. The molecule has 7 heteroatoms. The summed E-state index contributed by atoms with van der Waals surface area (Å²) in [5.74, 6) is 0.815. The monoisotopic (exact) mass is 326 g/mol. The summed E-state index contributed by atoms with van der Waals surface area (Å²) in [5, 5.41) is 6.26. The van der Waals surface area contributed by atoms with Crippen molar-refractivity contribution in [3.8, 4) is 0 Å². The standard InChI is InChI=1S/C17H22N6O/c1-10-3-2-4-12(7-10)22-16-13(15(19)24)8-20-17(23-16)21-9-14(18)11-5-6-11/h2-4,7-8,11,14H,5-6,9,18H2,1H3,(H2,19,24)(H2,20,21,22,23). The molecule has 1 saturated carbocycles. The Labute approximate surface area is 140 Å². The number of aryl methyl sites for hydroxylation is 1. The third kappa shape index (κ3) is 3.99. The second-order valence-electron chi connectivity index (χ2n) is 6.20. The van der Waals surface area contributed by atoms with Gasteiger partial charge in [0.2, 0.25) is 5.95 Å². The highest BCUT2D eigenvalue weighted by Gasteiger charge is 2.28. The lowest BCUT2D eigenvalue weighted by Gasteiger charge is -2.14. The van der Waals surface area contributed by atoms with Crippen LogP contribution in [0.15, 0.2) is 30.5 Å². The maximum atomic E-state index is 11.6. The van der Waals surface area contributed by atoms with Crippen LogP contribution in [0, 0.1) is 12.8 Å². The maximum Gasteiger partial charge on any atom is 0.254 e. The van der Waals surface area contributed by atoms with Crippen LogP contribution in [0.2, 0.25) is 0 Å². The minimum absolute atomic E-state index is 0.0950. The molecular weight excluding hydrogens is 304 g/mol. The van der Waals surface area contributed by atoms with Gasteiger partial charge in [-0.25, -0.2) is 4.98 Å². The normalized spacial score (nSPS) is 14.9. The van der Waals surface area contributed by atoms with Gasteiger partial charge in [-0.2, -0.15) is 4.98 Å². The van der Waals surface area contributed by atoms with E-state index in [9.17, 15) is 4.79 Å². The Bertz CT molecular complexity index is 744. The zero-order valence-corrected chi connectivity index (χ0v) is 13.6. The molecule has 6 N–H and O–H groups in total. The Balaban J connectivity index is 1.78. The van der Waals surface area contributed by atoms with Gasteiger partial charge < -0.3 is 22.1 Å². The lowest BCUT2D eigenvalue weighted by Crippen LogP contribution is -2.31. The van der Waals surface area contributed by atoms with E-state index in [0.717, 1.165) is 11.3 Å². The molecule has 3 rings (SSSR count). The van der Waals surface area contributed by atoms with Crippen LogP contribution in [-0.4, -0.2) is 28.5 Å². The third-order valence-corrected chi connectivity index (χ3v) is 4.06. The Kier molecular flexibility index (Phi) is 4.61. The van der Waals surface area contributed by atoms with Crippen LogP contribution >= 0.6 is 0 Å². The Morgan fingerprint density at radius 1 is 1.42 bits per heavy atom. The smallest absolute Gasteiger partial charge is 0.254 e. The van der Waals surface area contributed by atoms with Crippen LogP contribution in [0.4, 0.5) is 17.5 Å². The van der Waals surface area contributed by atoms with E-state index in [1.54, 1.807) is 0 Å². The molecule has 7 nitrogen and oxygen atoms in total. The molecule has 24 heavy (non-hydrogen) atoms. The summed E-state index contributed by atoms with van der Waals surface area (Å²) in [6, 6.07) is 7.87. The first-order valence-corrected chi connectivity index (χ1v) is 8.03. The molecule has 0 saturated heterocycles. The molecule has 1 heterocycles. The van der Waals surface area contributed by atoms with Crippen LogP contribution in [0.3, 0.4) is 0 Å². The van der Waals surface area contributed by atoms with Crippen LogP contribution in [-0.2, 0) is 0 Å². The fourth-order valence-corrected chi connectivity index (χ4v) is 2.50. The predicted octanol–water partition coefficient (Wildman–Crippen LogP) is 1.78. The molecule has 1 amide bonds. The van der Waals surface area contributed by atoms with Gasteiger partial charge in [-0.3, -0.25) is 4.79 Å². The predicted molar refractivity (Wildman–Crippen MR) is 94.2 cm³/mol. The number of carbonyl (C=O) groups is 1. The van der Waals surface area contributed by atoms with E-state index in [0.29, 0.717) is 24.2 Å². The van der Waals surface area contributed by atoms with Gasteiger partial charge in [0.1, 0.15) is 11.4 Å². The van der Waals surface area contributed by atoms with E-state index in [-0.39, 0.29) is 11.6 Å². The minimum atomic E-state index is -0.577. The topological polar surface area (TPSA) is 119 Å². The quantitative estimate of drug-likeness (QED) is 0.616. The molecule has 126 valence electrons. The summed E-state index contributed by atoms with van der Waals surface area (Å²) < 4.78 is 0. The summed E-state index contributed by atoms with van der Waals surface area (Å²) in [6.45, 7) is 2.59. The van der Waals surface area contributed by atoms with E-state index in [2.05, 4.69) is 20.6 Å². The molecule has 1 aliphatic carbocycles. The van der Waals surface area contributed by atoms with Gasteiger partial charge in [-0.1, -0.05) is 12.1 Å². The van der Waals surface area contributed by atoms with Gasteiger partial charge in [0, 0.05) is 24.5 Å². The summed E-state index contributed by atoms with van der Waals surface area (Å²) in [4.78, 5) is 20.1. The number of nitrogens with zero attached hydrogens (tertiary/aromatic N) is 2. The Morgan fingerprint density at radius 3 is 2.88 bits per heavy atom. The molecule has 0 bridgehead atoms. The van der Waals surface area contributed by atoms with Crippen molar-refractivity contribution in [1.29, 1.82) is 0 Å². The number of carbonyl (C=O) groups excluding carboxylic acids is 1.